The van der Waals surface area contributed by atoms with E-state index >= 15 is 0 Å². The van der Waals surface area contributed by atoms with E-state index in [0.29, 0.717) is 0 Å². The highest BCUT2D eigenvalue weighted by atomic mass is 35.5. The highest BCUT2D eigenvalue weighted by Gasteiger charge is 2.09. The first-order valence-electron chi connectivity index (χ1n) is 3.93. The highest BCUT2D eigenvalue weighted by Crippen LogP contribution is 2.10. The molecular formula is C10H11ClO. The molecule has 0 aliphatic rings. The van der Waals surface area contributed by atoms with Gasteiger partial charge in [-0.25, -0.2) is 0 Å². The molecule has 1 atom stereocenters. The SMILES string of the molecule is C[C@@H](Cc1ccccc1)C(=O)Cl. The van der Waals surface area contributed by atoms with Gasteiger partial charge in [-0.3, -0.25) is 4.79 Å². The summed E-state index contributed by atoms with van der Waals surface area (Å²) in [6.45, 7) is 1.84. The maximum absolute atomic E-state index is 10.7. The van der Waals surface area contributed by atoms with Gasteiger partial charge in [-0.2, -0.15) is 0 Å². The molecule has 1 aromatic carbocycles. The van der Waals surface area contributed by atoms with Crippen LogP contribution in [0.1, 0.15) is 12.5 Å². The van der Waals surface area contributed by atoms with Gasteiger partial charge in [-0.15, -0.1) is 0 Å². The Balaban J connectivity index is 2.58. The molecule has 0 spiro atoms. The second-order valence-corrected chi connectivity index (χ2v) is 3.27. The van der Waals surface area contributed by atoms with Crippen LogP contribution in [0.15, 0.2) is 30.3 Å². The van der Waals surface area contributed by atoms with Crippen LogP contribution in [0.2, 0.25) is 0 Å². The van der Waals surface area contributed by atoms with Crippen molar-refractivity contribution in [2.75, 3.05) is 0 Å². The van der Waals surface area contributed by atoms with Crippen LogP contribution in [0.3, 0.4) is 0 Å². The van der Waals surface area contributed by atoms with E-state index in [2.05, 4.69) is 0 Å². The van der Waals surface area contributed by atoms with Crippen molar-refractivity contribution in [3.05, 3.63) is 35.9 Å². The molecule has 64 valence electrons. The van der Waals surface area contributed by atoms with Crippen LogP contribution in [0.4, 0.5) is 0 Å². The topological polar surface area (TPSA) is 17.1 Å². The van der Waals surface area contributed by atoms with Crippen molar-refractivity contribution in [1.82, 2.24) is 0 Å². The summed E-state index contributed by atoms with van der Waals surface area (Å²) in [6.07, 6.45) is 0.725. The minimum atomic E-state index is -0.265. The van der Waals surface area contributed by atoms with Crippen LogP contribution >= 0.6 is 11.6 Å². The Morgan fingerprint density at radius 3 is 2.50 bits per heavy atom. The van der Waals surface area contributed by atoms with Crippen molar-refractivity contribution in [3.63, 3.8) is 0 Å². The Morgan fingerprint density at radius 2 is 2.00 bits per heavy atom. The lowest BCUT2D eigenvalue weighted by atomic mass is 10.0. The van der Waals surface area contributed by atoms with Crippen molar-refractivity contribution >= 4 is 16.8 Å². The third-order valence-electron chi connectivity index (χ3n) is 1.77. The van der Waals surface area contributed by atoms with Crippen LogP contribution in [0.5, 0.6) is 0 Å². The number of rotatable bonds is 3. The number of halogens is 1. The Kier molecular flexibility index (Phi) is 3.30. The summed E-state index contributed by atoms with van der Waals surface area (Å²) in [7, 11) is 0. The average Bonchev–Trinajstić information content (AvgIpc) is 2.06. The average molecular weight is 183 g/mol. The lowest BCUT2D eigenvalue weighted by Gasteiger charge is -2.04. The minimum absolute atomic E-state index is 0.0888. The zero-order valence-electron chi connectivity index (χ0n) is 6.96. The first-order valence-corrected chi connectivity index (χ1v) is 4.31. The predicted octanol–water partition coefficient (Wildman–Crippen LogP) is 2.63. The van der Waals surface area contributed by atoms with Gasteiger partial charge in [0.1, 0.15) is 0 Å². The molecule has 0 amide bonds. The summed E-state index contributed by atoms with van der Waals surface area (Å²) >= 11 is 5.34. The van der Waals surface area contributed by atoms with E-state index in [9.17, 15) is 4.79 Å². The molecule has 2 heteroatoms. The fourth-order valence-electron chi connectivity index (χ4n) is 1.05. The predicted molar refractivity (Wildman–Crippen MR) is 50.2 cm³/mol. The zero-order valence-corrected chi connectivity index (χ0v) is 7.71. The second-order valence-electron chi connectivity index (χ2n) is 2.89. The zero-order chi connectivity index (χ0) is 8.97. The molecular weight excluding hydrogens is 172 g/mol. The van der Waals surface area contributed by atoms with Crippen molar-refractivity contribution in [2.45, 2.75) is 13.3 Å². The van der Waals surface area contributed by atoms with E-state index in [1.165, 1.54) is 0 Å². The van der Waals surface area contributed by atoms with Crippen LogP contribution in [-0.2, 0) is 11.2 Å². The van der Waals surface area contributed by atoms with Gasteiger partial charge in [0.2, 0.25) is 5.24 Å². The van der Waals surface area contributed by atoms with Gasteiger partial charge >= 0.3 is 0 Å². The van der Waals surface area contributed by atoms with Crippen LogP contribution in [0.25, 0.3) is 0 Å². The Labute approximate surface area is 77.4 Å². The maximum Gasteiger partial charge on any atom is 0.224 e. The smallest absolute Gasteiger partial charge is 0.224 e. The molecule has 0 fully saturated rings. The molecule has 1 rings (SSSR count). The maximum atomic E-state index is 10.7. The first-order chi connectivity index (χ1) is 5.70. The molecule has 0 aromatic heterocycles. The van der Waals surface area contributed by atoms with Crippen molar-refractivity contribution in [2.24, 2.45) is 5.92 Å². The summed E-state index contributed by atoms with van der Waals surface area (Å²) in [4.78, 5) is 10.7. The van der Waals surface area contributed by atoms with Gasteiger partial charge in [-0.1, -0.05) is 37.3 Å². The number of hydrogen-bond donors (Lipinski definition) is 0. The molecule has 1 nitrogen and oxygen atoms in total. The van der Waals surface area contributed by atoms with E-state index in [0.717, 1.165) is 12.0 Å². The van der Waals surface area contributed by atoms with E-state index < -0.39 is 0 Å². The molecule has 0 unspecified atom stereocenters. The lowest BCUT2D eigenvalue weighted by molar-refractivity contribution is -0.114. The molecule has 0 aliphatic carbocycles. The second kappa shape index (κ2) is 4.27. The number of benzene rings is 1. The van der Waals surface area contributed by atoms with Crippen LogP contribution in [0, 0.1) is 5.92 Å². The molecule has 0 radical (unpaired) electrons. The number of carbonyl (C=O) groups excluding carboxylic acids is 1. The van der Waals surface area contributed by atoms with E-state index in [-0.39, 0.29) is 11.2 Å². The summed E-state index contributed by atoms with van der Waals surface area (Å²) in [5.41, 5.74) is 1.15. The molecule has 0 saturated heterocycles. The van der Waals surface area contributed by atoms with Gasteiger partial charge < -0.3 is 0 Å². The lowest BCUT2D eigenvalue weighted by Crippen LogP contribution is -2.06. The third-order valence-corrected chi connectivity index (χ3v) is 2.14. The Hall–Kier alpha value is -0.820. The molecule has 0 bridgehead atoms. The summed E-state index contributed by atoms with van der Waals surface area (Å²) < 4.78 is 0. The van der Waals surface area contributed by atoms with Gasteiger partial charge in [0.05, 0.1) is 0 Å². The van der Waals surface area contributed by atoms with E-state index in [1.54, 1.807) is 0 Å². The summed E-state index contributed by atoms with van der Waals surface area (Å²) in [5.74, 6) is -0.0888. The quantitative estimate of drug-likeness (QED) is 0.657. The Bertz CT molecular complexity index is 256. The fraction of sp³-hybridized carbons (Fsp3) is 0.300. The molecule has 0 saturated carbocycles. The van der Waals surface area contributed by atoms with E-state index in [1.807, 2.05) is 37.3 Å². The van der Waals surface area contributed by atoms with Crippen molar-refractivity contribution in [3.8, 4) is 0 Å². The Morgan fingerprint density at radius 1 is 1.42 bits per heavy atom. The van der Waals surface area contributed by atoms with Crippen LogP contribution in [-0.4, -0.2) is 5.24 Å². The number of hydrogen-bond acceptors (Lipinski definition) is 1. The normalized spacial score (nSPS) is 12.5. The third kappa shape index (κ3) is 2.67. The van der Waals surface area contributed by atoms with Crippen molar-refractivity contribution < 1.29 is 4.79 Å². The standard InChI is InChI=1S/C10H11ClO/c1-8(10(11)12)7-9-5-3-2-4-6-9/h2-6,8H,7H2,1H3/t8-/m0/s1. The monoisotopic (exact) mass is 182 g/mol. The van der Waals surface area contributed by atoms with Crippen LogP contribution < -0.4 is 0 Å². The highest BCUT2D eigenvalue weighted by molar-refractivity contribution is 6.63. The molecule has 0 N–H and O–H groups in total. The molecule has 0 aliphatic heterocycles. The van der Waals surface area contributed by atoms with Gasteiger partial charge in [-0.05, 0) is 23.6 Å². The molecule has 1 aromatic rings. The summed E-state index contributed by atoms with van der Waals surface area (Å²) in [5, 5.41) is -0.265. The van der Waals surface area contributed by atoms with Gasteiger partial charge in [0, 0.05) is 5.92 Å². The first kappa shape index (κ1) is 9.27. The van der Waals surface area contributed by atoms with Gasteiger partial charge in [0.25, 0.3) is 0 Å². The van der Waals surface area contributed by atoms with Crippen molar-refractivity contribution in [1.29, 1.82) is 0 Å². The number of carbonyl (C=O) groups is 1. The van der Waals surface area contributed by atoms with Gasteiger partial charge in [0.15, 0.2) is 0 Å². The largest absolute Gasteiger partial charge is 0.281 e. The fourth-order valence-corrected chi connectivity index (χ4v) is 1.13. The summed E-state index contributed by atoms with van der Waals surface area (Å²) in [6, 6.07) is 9.87. The molecule has 0 heterocycles. The minimum Gasteiger partial charge on any atom is -0.281 e. The van der Waals surface area contributed by atoms with E-state index in [4.69, 9.17) is 11.6 Å². The molecule has 12 heavy (non-hydrogen) atoms.